The van der Waals surface area contributed by atoms with Crippen LogP contribution in [0.3, 0.4) is 0 Å². The number of aryl methyl sites for hydroxylation is 1. The molecule has 1 saturated carbocycles. The van der Waals surface area contributed by atoms with E-state index in [0.717, 1.165) is 31.2 Å². The zero-order valence-corrected chi connectivity index (χ0v) is 15.4. The van der Waals surface area contributed by atoms with E-state index in [2.05, 4.69) is 10.3 Å². The fraction of sp³-hybridized carbons (Fsp3) is 0.429. The number of oxazole rings is 1. The van der Waals surface area contributed by atoms with Gasteiger partial charge in [-0.15, -0.1) is 0 Å². The number of nitriles is 1. The highest BCUT2D eigenvalue weighted by molar-refractivity contribution is 6.04. The van der Waals surface area contributed by atoms with Crippen LogP contribution in [0.15, 0.2) is 34.7 Å². The Hall–Kier alpha value is -2.94. The number of aromatic nitrogens is 1. The van der Waals surface area contributed by atoms with Gasteiger partial charge in [0.05, 0.1) is 18.2 Å². The van der Waals surface area contributed by atoms with Gasteiger partial charge in [-0.05, 0) is 31.9 Å². The van der Waals surface area contributed by atoms with Gasteiger partial charge in [-0.3, -0.25) is 9.59 Å². The van der Waals surface area contributed by atoms with Gasteiger partial charge in [0, 0.05) is 11.6 Å². The molecule has 27 heavy (non-hydrogen) atoms. The minimum absolute atomic E-state index is 0.0633. The molecule has 140 valence electrons. The Labute approximate surface area is 158 Å². The molecule has 1 aromatic heterocycles. The molecule has 0 aliphatic heterocycles. The van der Waals surface area contributed by atoms with E-state index in [4.69, 9.17) is 4.42 Å². The number of Topliss-reactive ketones (excluding diaryl/α,β-unsaturated/α-hetero) is 1. The Morgan fingerprint density at radius 3 is 2.63 bits per heavy atom. The van der Waals surface area contributed by atoms with Crippen LogP contribution in [0.4, 0.5) is 0 Å². The molecule has 1 heterocycles. The van der Waals surface area contributed by atoms with Crippen molar-refractivity contribution < 1.29 is 14.0 Å². The number of benzene rings is 1. The van der Waals surface area contributed by atoms with E-state index in [1.165, 1.54) is 6.42 Å². The van der Waals surface area contributed by atoms with E-state index < -0.39 is 17.6 Å². The Balaban J connectivity index is 1.67. The molecule has 1 aliphatic carbocycles. The highest BCUT2D eigenvalue weighted by Gasteiger charge is 2.30. The molecule has 1 fully saturated rings. The lowest BCUT2D eigenvalue weighted by atomic mass is 9.94. The average molecular weight is 365 g/mol. The van der Waals surface area contributed by atoms with Crippen LogP contribution in [0, 0.1) is 24.2 Å². The number of carbonyl (C=O) groups is 2. The van der Waals surface area contributed by atoms with Crippen molar-refractivity contribution >= 4 is 11.7 Å². The third kappa shape index (κ3) is 4.62. The van der Waals surface area contributed by atoms with Crippen molar-refractivity contribution in [2.24, 2.45) is 5.92 Å². The predicted molar refractivity (Wildman–Crippen MR) is 99.5 cm³/mol. The van der Waals surface area contributed by atoms with Gasteiger partial charge in [-0.2, -0.15) is 5.26 Å². The van der Waals surface area contributed by atoms with E-state index in [1.54, 1.807) is 6.92 Å². The van der Waals surface area contributed by atoms with Crippen molar-refractivity contribution in [1.82, 2.24) is 10.3 Å². The number of hydrogen-bond acceptors (Lipinski definition) is 5. The summed E-state index contributed by atoms with van der Waals surface area (Å²) >= 11 is 0. The van der Waals surface area contributed by atoms with Crippen LogP contribution in [-0.4, -0.2) is 22.7 Å². The minimum atomic E-state index is -1.32. The van der Waals surface area contributed by atoms with Crippen LogP contribution >= 0.6 is 0 Å². The standard InChI is InChI=1S/C21H23N3O3/c1-14-18(24-21(27-14)15-8-4-2-5-9-15)12-19(25)17(13-22)20(26)23-16-10-6-3-7-11-16/h2,4-5,8-9,16-17H,3,6-7,10-12H2,1H3,(H,23,26). The summed E-state index contributed by atoms with van der Waals surface area (Å²) in [5.41, 5.74) is 1.27. The highest BCUT2D eigenvalue weighted by atomic mass is 16.4. The molecule has 1 atom stereocenters. The first kappa shape index (κ1) is 18.8. The number of hydrogen-bond donors (Lipinski definition) is 1. The van der Waals surface area contributed by atoms with Crippen LogP contribution in [0.1, 0.15) is 43.6 Å². The molecule has 0 radical (unpaired) electrons. The Kier molecular flexibility index (Phi) is 6.02. The Morgan fingerprint density at radius 2 is 1.96 bits per heavy atom. The van der Waals surface area contributed by atoms with Crippen LogP contribution in [0.25, 0.3) is 11.5 Å². The second-order valence-corrected chi connectivity index (χ2v) is 6.94. The Morgan fingerprint density at radius 1 is 1.26 bits per heavy atom. The summed E-state index contributed by atoms with van der Waals surface area (Å²) in [4.78, 5) is 29.3. The van der Waals surface area contributed by atoms with Crippen molar-refractivity contribution in [3.63, 3.8) is 0 Å². The molecule has 1 N–H and O–H groups in total. The average Bonchev–Trinajstić information content (AvgIpc) is 3.04. The molecular formula is C21H23N3O3. The first-order valence-corrected chi connectivity index (χ1v) is 9.33. The zero-order chi connectivity index (χ0) is 19.2. The topological polar surface area (TPSA) is 96.0 Å². The second kappa shape index (κ2) is 8.63. The van der Waals surface area contributed by atoms with Crippen molar-refractivity contribution in [2.45, 2.75) is 51.5 Å². The van der Waals surface area contributed by atoms with Crippen LogP contribution in [-0.2, 0) is 16.0 Å². The van der Waals surface area contributed by atoms with Gasteiger partial charge in [-0.25, -0.2) is 4.98 Å². The lowest BCUT2D eigenvalue weighted by Crippen LogP contribution is -2.42. The fourth-order valence-corrected chi connectivity index (χ4v) is 3.37. The minimum Gasteiger partial charge on any atom is -0.441 e. The quantitative estimate of drug-likeness (QED) is 0.792. The lowest BCUT2D eigenvalue weighted by Gasteiger charge is -2.23. The number of ketones is 1. The number of nitrogens with zero attached hydrogens (tertiary/aromatic N) is 2. The predicted octanol–water partition coefficient (Wildman–Crippen LogP) is 3.35. The molecule has 1 aliphatic rings. The molecule has 6 nitrogen and oxygen atoms in total. The second-order valence-electron chi connectivity index (χ2n) is 6.94. The molecule has 0 bridgehead atoms. The molecule has 2 aromatic rings. The fourth-order valence-electron chi connectivity index (χ4n) is 3.37. The summed E-state index contributed by atoms with van der Waals surface area (Å²) in [6, 6.07) is 11.3. The Bertz CT molecular complexity index is 845. The summed E-state index contributed by atoms with van der Waals surface area (Å²) < 4.78 is 5.65. The van der Waals surface area contributed by atoms with Gasteiger partial charge in [0.15, 0.2) is 11.7 Å². The maximum absolute atomic E-state index is 12.6. The highest BCUT2D eigenvalue weighted by Crippen LogP contribution is 2.22. The number of nitrogens with one attached hydrogen (secondary N) is 1. The van der Waals surface area contributed by atoms with Gasteiger partial charge in [0.2, 0.25) is 11.8 Å². The molecule has 1 aromatic carbocycles. The van der Waals surface area contributed by atoms with Crippen LogP contribution in [0.2, 0.25) is 0 Å². The number of amides is 1. The maximum Gasteiger partial charge on any atom is 0.245 e. The SMILES string of the molecule is Cc1oc(-c2ccccc2)nc1CC(=O)C(C#N)C(=O)NC1CCCCC1. The number of carbonyl (C=O) groups excluding carboxylic acids is 2. The molecule has 6 heteroatoms. The van der Waals surface area contributed by atoms with Gasteiger partial charge in [-0.1, -0.05) is 37.5 Å². The summed E-state index contributed by atoms with van der Waals surface area (Å²) in [7, 11) is 0. The third-order valence-corrected chi connectivity index (χ3v) is 4.92. The molecule has 3 rings (SSSR count). The first-order chi connectivity index (χ1) is 13.1. The van der Waals surface area contributed by atoms with E-state index in [1.807, 2.05) is 36.4 Å². The summed E-state index contributed by atoms with van der Waals surface area (Å²) in [6.07, 6.45) is 5.01. The summed E-state index contributed by atoms with van der Waals surface area (Å²) in [5, 5.41) is 12.2. The van der Waals surface area contributed by atoms with Gasteiger partial charge >= 0.3 is 0 Å². The van der Waals surface area contributed by atoms with Gasteiger partial charge in [0.25, 0.3) is 0 Å². The number of rotatable bonds is 6. The summed E-state index contributed by atoms with van der Waals surface area (Å²) in [5.74, 6) is -1.33. The molecule has 0 saturated heterocycles. The van der Waals surface area contributed by atoms with Crippen molar-refractivity contribution in [1.29, 1.82) is 5.26 Å². The van der Waals surface area contributed by atoms with E-state index in [-0.39, 0.29) is 12.5 Å². The van der Waals surface area contributed by atoms with Crippen LogP contribution in [0.5, 0.6) is 0 Å². The molecule has 0 spiro atoms. The monoisotopic (exact) mass is 365 g/mol. The molecule has 1 unspecified atom stereocenters. The first-order valence-electron chi connectivity index (χ1n) is 9.33. The van der Waals surface area contributed by atoms with E-state index >= 15 is 0 Å². The van der Waals surface area contributed by atoms with Crippen molar-refractivity contribution in [3.8, 4) is 17.5 Å². The van der Waals surface area contributed by atoms with Crippen LogP contribution < -0.4 is 5.32 Å². The third-order valence-electron chi connectivity index (χ3n) is 4.92. The molecular weight excluding hydrogens is 342 g/mol. The normalized spacial score (nSPS) is 15.7. The van der Waals surface area contributed by atoms with E-state index in [0.29, 0.717) is 17.3 Å². The molecule has 1 amide bonds. The van der Waals surface area contributed by atoms with Gasteiger partial charge < -0.3 is 9.73 Å². The van der Waals surface area contributed by atoms with Crippen molar-refractivity contribution in [2.75, 3.05) is 0 Å². The van der Waals surface area contributed by atoms with E-state index in [9.17, 15) is 14.9 Å². The zero-order valence-electron chi connectivity index (χ0n) is 15.4. The lowest BCUT2D eigenvalue weighted by molar-refractivity contribution is -0.131. The van der Waals surface area contributed by atoms with Gasteiger partial charge in [0.1, 0.15) is 5.76 Å². The van der Waals surface area contributed by atoms with Crippen molar-refractivity contribution in [3.05, 3.63) is 41.8 Å². The summed E-state index contributed by atoms with van der Waals surface area (Å²) in [6.45, 7) is 1.73. The maximum atomic E-state index is 12.6. The largest absolute Gasteiger partial charge is 0.441 e. The smallest absolute Gasteiger partial charge is 0.245 e.